The third-order valence-electron chi connectivity index (χ3n) is 9.96. The molecule has 0 spiro atoms. The number of benzene rings is 7. The van der Waals surface area contributed by atoms with Gasteiger partial charge in [-0.05, 0) is 68.3 Å². The Morgan fingerprint density at radius 1 is 0.477 bits per heavy atom. The fourth-order valence-corrected chi connectivity index (χ4v) is 9.76. The Morgan fingerprint density at radius 3 is 1.95 bits per heavy atom. The molecule has 2 nitrogen and oxygen atoms in total. The van der Waals surface area contributed by atoms with E-state index in [0.717, 1.165) is 0 Å². The van der Waals surface area contributed by atoms with E-state index < -0.39 is 0 Å². The first kappa shape index (κ1) is 23.2. The number of rotatable bonds is 1. The molecule has 4 heterocycles. The minimum Gasteiger partial charge on any atom is -0.310 e. The van der Waals surface area contributed by atoms with Crippen molar-refractivity contribution in [2.45, 2.75) is 0 Å². The minimum absolute atomic E-state index is 0.120. The van der Waals surface area contributed by atoms with Gasteiger partial charge in [-0.1, -0.05) is 109 Å². The van der Waals surface area contributed by atoms with Gasteiger partial charge in [0.25, 0.3) is 6.71 Å². The van der Waals surface area contributed by atoms with Gasteiger partial charge in [-0.25, -0.2) is 0 Å². The van der Waals surface area contributed by atoms with Gasteiger partial charge in [0.05, 0.1) is 10.5 Å². The maximum absolute atomic E-state index is 2.54. The molecule has 0 unspecified atom stereocenters. The molecule has 0 radical (unpaired) electrons. The zero-order chi connectivity index (χ0) is 28.5. The van der Waals surface area contributed by atoms with Crippen LogP contribution < -0.4 is 21.3 Å². The first-order chi connectivity index (χ1) is 21.9. The number of hydrogen-bond donors (Lipinski definition) is 0. The molecular weight excluding hydrogens is 551 g/mol. The van der Waals surface area contributed by atoms with Gasteiger partial charge in [-0.15, -0.1) is 11.3 Å². The maximum Gasteiger partial charge on any atom is 0.254 e. The summed E-state index contributed by atoms with van der Waals surface area (Å²) in [5.41, 5.74) is 10.6. The normalized spacial score (nSPS) is 13.4. The van der Waals surface area contributed by atoms with Crippen LogP contribution in [0.4, 0.5) is 16.4 Å². The molecule has 44 heavy (non-hydrogen) atoms. The Bertz CT molecular complexity index is 2680. The number of nitrogens with zero attached hydrogens (tertiary/aromatic N) is 2. The second-order valence-corrected chi connectivity index (χ2v) is 13.0. The summed E-state index contributed by atoms with van der Waals surface area (Å²) in [6, 6.07) is 51.7. The fourth-order valence-electron chi connectivity index (χ4n) is 8.33. The molecule has 0 aliphatic carbocycles. The third-order valence-corrected chi connectivity index (χ3v) is 11.2. The Balaban J connectivity index is 1.40. The van der Waals surface area contributed by atoms with Crippen molar-refractivity contribution in [2.24, 2.45) is 0 Å². The van der Waals surface area contributed by atoms with Crippen molar-refractivity contribution in [1.29, 1.82) is 0 Å². The summed E-state index contributed by atoms with van der Waals surface area (Å²) in [7, 11) is 0. The molecule has 2 aromatic heterocycles. The predicted molar refractivity (Wildman–Crippen MR) is 191 cm³/mol. The first-order valence-electron chi connectivity index (χ1n) is 15.2. The molecule has 4 heteroatoms. The van der Waals surface area contributed by atoms with Crippen molar-refractivity contribution in [3.05, 3.63) is 140 Å². The zero-order valence-electron chi connectivity index (χ0n) is 23.7. The smallest absolute Gasteiger partial charge is 0.254 e. The van der Waals surface area contributed by atoms with Crippen LogP contribution in [0.5, 0.6) is 0 Å². The monoisotopic (exact) mass is 574 g/mol. The van der Waals surface area contributed by atoms with Crippen LogP contribution in [0.1, 0.15) is 0 Å². The van der Waals surface area contributed by atoms with E-state index in [1.165, 1.54) is 91.9 Å². The van der Waals surface area contributed by atoms with Crippen LogP contribution in [0.2, 0.25) is 0 Å². The second kappa shape index (κ2) is 8.19. The van der Waals surface area contributed by atoms with Gasteiger partial charge in [0.15, 0.2) is 0 Å². The molecule has 2 aliphatic heterocycles. The topological polar surface area (TPSA) is 8.17 Å². The fraction of sp³-hybridized carbons (Fsp3) is 0. The molecule has 0 fully saturated rings. The molecule has 9 aromatic rings. The largest absolute Gasteiger partial charge is 0.310 e. The van der Waals surface area contributed by atoms with Crippen molar-refractivity contribution < 1.29 is 0 Å². The lowest BCUT2D eigenvalue weighted by atomic mass is 9.34. The number of hydrogen-bond acceptors (Lipinski definition) is 2. The summed E-state index contributed by atoms with van der Waals surface area (Å²) < 4.78 is 3.91. The van der Waals surface area contributed by atoms with Crippen molar-refractivity contribution in [3.63, 3.8) is 0 Å². The quantitative estimate of drug-likeness (QED) is 0.140. The van der Waals surface area contributed by atoms with Crippen LogP contribution in [0, 0.1) is 0 Å². The summed E-state index contributed by atoms with van der Waals surface area (Å²) >= 11 is 1.95. The van der Waals surface area contributed by atoms with E-state index in [9.17, 15) is 0 Å². The average Bonchev–Trinajstić information content (AvgIpc) is 3.65. The van der Waals surface area contributed by atoms with Crippen LogP contribution in [0.3, 0.4) is 0 Å². The van der Waals surface area contributed by atoms with Crippen molar-refractivity contribution in [3.8, 4) is 5.69 Å². The Morgan fingerprint density at radius 2 is 1.11 bits per heavy atom. The van der Waals surface area contributed by atoms with Crippen LogP contribution in [-0.4, -0.2) is 11.3 Å². The van der Waals surface area contributed by atoms with Crippen molar-refractivity contribution in [2.75, 3.05) is 4.90 Å². The first-order valence-corrected chi connectivity index (χ1v) is 16.1. The minimum atomic E-state index is 0.120. The molecular formula is C40H23BN2S. The SMILES string of the molecule is c1ccc(N2c3cccc4c3B(c3c2sc2c5ccccc5c5ccccc5c32)c2cccc3c5ccccc5n-4c23)cc1. The van der Waals surface area contributed by atoms with Gasteiger partial charge in [0.1, 0.15) is 0 Å². The van der Waals surface area contributed by atoms with Gasteiger partial charge in [0, 0.05) is 43.4 Å². The van der Waals surface area contributed by atoms with Crippen LogP contribution in [0.15, 0.2) is 140 Å². The molecule has 202 valence electrons. The Hall–Kier alpha value is -5.32. The summed E-state index contributed by atoms with van der Waals surface area (Å²) in [5, 5.41) is 10.7. The number of anilines is 3. The van der Waals surface area contributed by atoms with E-state index in [2.05, 4.69) is 149 Å². The van der Waals surface area contributed by atoms with Crippen molar-refractivity contribution in [1.82, 2.24) is 4.57 Å². The number of para-hydroxylation sites is 3. The van der Waals surface area contributed by atoms with Crippen LogP contribution in [0.25, 0.3) is 59.1 Å². The van der Waals surface area contributed by atoms with E-state index in [4.69, 9.17) is 0 Å². The summed E-state index contributed by atoms with van der Waals surface area (Å²) in [5.74, 6) is 0. The summed E-state index contributed by atoms with van der Waals surface area (Å²) in [6.45, 7) is 0.120. The number of aromatic nitrogens is 1. The van der Waals surface area contributed by atoms with Gasteiger partial charge in [-0.2, -0.15) is 0 Å². The molecule has 0 saturated heterocycles. The number of thiophene rings is 1. The average molecular weight is 575 g/mol. The van der Waals surface area contributed by atoms with E-state index >= 15 is 0 Å². The van der Waals surface area contributed by atoms with Crippen molar-refractivity contribution >= 4 is 104 Å². The molecule has 11 rings (SSSR count). The highest BCUT2D eigenvalue weighted by atomic mass is 32.1. The lowest BCUT2D eigenvalue weighted by molar-refractivity contribution is 1.18. The van der Waals surface area contributed by atoms with Gasteiger partial charge in [0.2, 0.25) is 0 Å². The van der Waals surface area contributed by atoms with Gasteiger partial charge >= 0.3 is 0 Å². The molecule has 0 N–H and O–H groups in total. The van der Waals surface area contributed by atoms with Gasteiger partial charge in [-0.3, -0.25) is 0 Å². The highest BCUT2D eigenvalue weighted by Crippen LogP contribution is 2.48. The standard InChI is InChI=1S/C40H23BN2S/c1-2-12-24(13-3-1)42-33-22-11-23-34-36(33)41(31-20-10-19-29-27-16-8-9-21-32(27)43(34)38(29)31)37-35-28-17-6-4-14-25(28)26-15-5-7-18-30(26)39(35)44-40(37)42/h1-23H. The second-order valence-electron chi connectivity index (χ2n) is 12.0. The highest BCUT2D eigenvalue weighted by molar-refractivity contribution is 7.27. The maximum atomic E-state index is 2.54. The predicted octanol–water partition coefficient (Wildman–Crippen LogP) is 8.92. The Labute approximate surface area is 258 Å². The number of fused-ring (bicyclic) bond motifs is 14. The molecule has 7 aromatic carbocycles. The van der Waals surface area contributed by atoms with E-state index in [-0.39, 0.29) is 6.71 Å². The molecule has 0 saturated carbocycles. The van der Waals surface area contributed by atoms with E-state index in [1.54, 1.807) is 0 Å². The lowest BCUT2D eigenvalue weighted by Gasteiger charge is -2.38. The van der Waals surface area contributed by atoms with E-state index in [0.29, 0.717) is 0 Å². The zero-order valence-corrected chi connectivity index (χ0v) is 24.5. The molecule has 2 aliphatic rings. The van der Waals surface area contributed by atoms with Gasteiger partial charge < -0.3 is 9.47 Å². The van der Waals surface area contributed by atoms with Crippen LogP contribution >= 0.6 is 11.3 Å². The molecule has 0 atom stereocenters. The third kappa shape index (κ3) is 2.69. The van der Waals surface area contributed by atoms with E-state index in [1.807, 2.05) is 11.3 Å². The summed E-state index contributed by atoms with van der Waals surface area (Å²) in [6.07, 6.45) is 0. The molecule has 0 amide bonds. The Kier molecular flexibility index (Phi) is 4.32. The van der Waals surface area contributed by atoms with Crippen LogP contribution in [-0.2, 0) is 0 Å². The molecule has 0 bridgehead atoms. The lowest BCUT2D eigenvalue weighted by Crippen LogP contribution is -2.60. The highest BCUT2D eigenvalue weighted by Gasteiger charge is 2.44. The summed E-state index contributed by atoms with van der Waals surface area (Å²) in [4.78, 5) is 2.54.